The summed E-state index contributed by atoms with van der Waals surface area (Å²) in [7, 11) is 0. The van der Waals surface area contributed by atoms with Crippen molar-refractivity contribution in [2.45, 2.75) is 39.5 Å². The van der Waals surface area contributed by atoms with Gasteiger partial charge < -0.3 is 4.74 Å². The van der Waals surface area contributed by atoms with Crippen molar-refractivity contribution in [3.8, 4) is 5.75 Å². The van der Waals surface area contributed by atoms with Crippen molar-refractivity contribution in [2.75, 3.05) is 6.61 Å². The molecule has 0 bridgehead atoms. The van der Waals surface area contributed by atoms with Crippen molar-refractivity contribution < 1.29 is 14.3 Å². The summed E-state index contributed by atoms with van der Waals surface area (Å²) < 4.78 is 5.64. The largest absolute Gasteiger partial charge is 0.494 e. The zero-order chi connectivity index (χ0) is 16.9. The third-order valence-corrected chi connectivity index (χ3v) is 3.73. The lowest BCUT2D eigenvalue weighted by molar-refractivity contribution is -0.131. The first-order chi connectivity index (χ1) is 10.3. The van der Waals surface area contributed by atoms with E-state index in [0.29, 0.717) is 35.5 Å². The van der Waals surface area contributed by atoms with E-state index >= 15 is 0 Å². The van der Waals surface area contributed by atoms with E-state index in [1.54, 1.807) is 32.0 Å². The molecule has 3 heteroatoms. The first-order valence-electron chi connectivity index (χ1n) is 7.45. The summed E-state index contributed by atoms with van der Waals surface area (Å²) in [6.45, 7) is 14.9. The van der Waals surface area contributed by atoms with Crippen LogP contribution in [0.2, 0.25) is 0 Å². The van der Waals surface area contributed by atoms with Crippen molar-refractivity contribution in [2.24, 2.45) is 0 Å². The van der Waals surface area contributed by atoms with Gasteiger partial charge in [-0.1, -0.05) is 38.3 Å². The summed E-state index contributed by atoms with van der Waals surface area (Å²) in [5.41, 5.74) is -0.0328. The van der Waals surface area contributed by atoms with E-state index in [4.69, 9.17) is 4.74 Å². The predicted octanol–water partition coefficient (Wildman–Crippen LogP) is 4.02. The van der Waals surface area contributed by atoms with Gasteiger partial charge >= 0.3 is 0 Å². The molecule has 1 rings (SSSR count). The molecular weight excluding hydrogens is 276 g/mol. The second kappa shape index (κ2) is 7.21. The summed E-state index contributed by atoms with van der Waals surface area (Å²) in [5, 5.41) is 0. The highest BCUT2D eigenvalue weighted by molar-refractivity contribution is 6.23. The molecule has 0 aliphatic rings. The maximum atomic E-state index is 12.9. The molecule has 0 aliphatic heterocycles. The van der Waals surface area contributed by atoms with Crippen molar-refractivity contribution in [1.29, 1.82) is 0 Å². The van der Waals surface area contributed by atoms with E-state index in [9.17, 15) is 9.59 Å². The summed E-state index contributed by atoms with van der Waals surface area (Å²) in [4.78, 5) is 25.8. The number of carbonyl (C=O) groups excluding carboxylic acids is 2. The summed E-state index contributed by atoms with van der Waals surface area (Å²) in [5.74, 6) is -0.0126. The van der Waals surface area contributed by atoms with Crippen LogP contribution in [0.4, 0.5) is 0 Å². The average molecular weight is 300 g/mol. The maximum absolute atomic E-state index is 12.9. The molecule has 0 unspecified atom stereocenters. The minimum atomic E-state index is -1.32. The standard InChI is InChI=1S/C19H24O3/c1-7-19(17(20)13(3)4,18(21)14(5)6)15-11-9-10-12-16(15)22-8-2/h9-12H,3,5,7-8H2,1-2,4,6H3. The van der Waals surface area contributed by atoms with Gasteiger partial charge in [0, 0.05) is 5.56 Å². The first-order valence-corrected chi connectivity index (χ1v) is 7.45. The molecule has 1 aromatic rings. The van der Waals surface area contributed by atoms with Gasteiger partial charge in [0.25, 0.3) is 0 Å². The molecular formula is C19H24O3. The van der Waals surface area contributed by atoms with Gasteiger partial charge in [0.15, 0.2) is 11.6 Å². The zero-order valence-corrected chi connectivity index (χ0v) is 13.9. The van der Waals surface area contributed by atoms with E-state index in [-0.39, 0.29) is 11.6 Å². The van der Waals surface area contributed by atoms with Gasteiger partial charge in [-0.25, -0.2) is 0 Å². The molecule has 3 nitrogen and oxygen atoms in total. The minimum Gasteiger partial charge on any atom is -0.494 e. The number of para-hydroxylation sites is 1. The lowest BCUT2D eigenvalue weighted by Crippen LogP contribution is -2.44. The van der Waals surface area contributed by atoms with Crippen LogP contribution in [0.15, 0.2) is 48.6 Å². The topological polar surface area (TPSA) is 43.4 Å². The van der Waals surface area contributed by atoms with E-state index in [1.807, 2.05) is 19.9 Å². The van der Waals surface area contributed by atoms with Crippen LogP contribution in [-0.4, -0.2) is 18.2 Å². The number of hydrogen-bond acceptors (Lipinski definition) is 3. The molecule has 22 heavy (non-hydrogen) atoms. The maximum Gasteiger partial charge on any atom is 0.176 e. The fraction of sp³-hybridized carbons (Fsp3) is 0.368. The summed E-state index contributed by atoms with van der Waals surface area (Å²) in [6, 6.07) is 7.18. The molecule has 0 aliphatic carbocycles. The molecule has 0 heterocycles. The number of hydrogen-bond donors (Lipinski definition) is 0. The van der Waals surface area contributed by atoms with Gasteiger partial charge in [0.05, 0.1) is 6.61 Å². The minimum absolute atomic E-state index is 0.282. The van der Waals surface area contributed by atoms with Crippen molar-refractivity contribution in [3.05, 3.63) is 54.1 Å². The van der Waals surface area contributed by atoms with Gasteiger partial charge in [-0.15, -0.1) is 0 Å². The van der Waals surface area contributed by atoms with Crippen LogP contribution in [0.1, 0.15) is 39.7 Å². The lowest BCUT2D eigenvalue weighted by atomic mass is 9.67. The Labute approximate surface area is 132 Å². The zero-order valence-electron chi connectivity index (χ0n) is 13.9. The highest BCUT2D eigenvalue weighted by Crippen LogP contribution is 2.39. The van der Waals surface area contributed by atoms with Crippen molar-refractivity contribution >= 4 is 11.6 Å². The average Bonchev–Trinajstić information content (AvgIpc) is 2.49. The van der Waals surface area contributed by atoms with E-state index in [0.717, 1.165) is 0 Å². The molecule has 118 valence electrons. The smallest absolute Gasteiger partial charge is 0.176 e. The second-order valence-electron chi connectivity index (χ2n) is 5.41. The Morgan fingerprint density at radius 1 is 1.05 bits per heavy atom. The molecule has 0 fully saturated rings. The van der Waals surface area contributed by atoms with Crippen LogP contribution in [-0.2, 0) is 15.0 Å². The molecule has 0 atom stereocenters. The highest BCUT2D eigenvalue weighted by Gasteiger charge is 2.47. The Kier molecular flexibility index (Phi) is 5.86. The first kappa shape index (κ1) is 17.9. The SMILES string of the molecule is C=C(C)C(=O)C(CC)(C(=O)C(=C)C)c1ccccc1OCC. The predicted molar refractivity (Wildman–Crippen MR) is 89.2 cm³/mol. The summed E-state index contributed by atoms with van der Waals surface area (Å²) >= 11 is 0. The van der Waals surface area contributed by atoms with Crippen LogP contribution >= 0.6 is 0 Å². The number of carbonyl (C=O) groups is 2. The van der Waals surface area contributed by atoms with Gasteiger partial charge in [-0.05, 0) is 44.4 Å². The Morgan fingerprint density at radius 3 is 1.95 bits per heavy atom. The van der Waals surface area contributed by atoms with Gasteiger partial charge in [-0.2, -0.15) is 0 Å². The Morgan fingerprint density at radius 2 is 1.55 bits per heavy atom. The van der Waals surface area contributed by atoms with Crippen LogP contribution in [0, 0.1) is 0 Å². The number of ketones is 2. The van der Waals surface area contributed by atoms with Crippen molar-refractivity contribution in [3.63, 3.8) is 0 Å². The number of Topliss-reactive ketones (excluding diaryl/α,β-unsaturated/α-hetero) is 2. The van der Waals surface area contributed by atoms with E-state index in [2.05, 4.69) is 13.2 Å². The van der Waals surface area contributed by atoms with Gasteiger partial charge in [0.2, 0.25) is 0 Å². The molecule has 0 N–H and O–H groups in total. The number of benzene rings is 1. The fourth-order valence-electron chi connectivity index (χ4n) is 2.69. The summed E-state index contributed by atoms with van der Waals surface area (Å²) in [6.07, 6.45) is 0.328. The quantitative estimate of drug-likeness (QED) is 0.538. The Bertz CT molecular complexity index is 585. The number of rotatable bonds is 8. The molecule has 0 saturated heterocycles. The van der Waals surface area contributed by atoms with E-state index in [1.165, 1.54) is 0 Å². The van der Waals surface area contributed by atoms with Gasteiger partial charge in [0.1, 0.15) is 11.2 Å². The third kappa shape index (κ3) is 3.03. The van der Waals surface area contributed by atoms with Crippen LogP contribution in [0.25, 0.3) is 0 Å². The molecule has 0 spiro atoms. The molecule has 0 radical (unpaired) electrons. The Hall–Kier alpha value is -2.16. The highest BCUT2D eigenvalue weighted by atomic mass is 16.5. The van der Waals surface area contributed by atoms with Crippen LogP contribution in [0.3, 0.4) is 0 Å². The molecule has 1 aromatic carbocycles. The third-order valence-electron chi connectivity index (χ3n) is 3.73. The molecule has 0 amide bonds. The van der Waals surface area contributed by atoms with Crippen LogP contribution in [0.5, 0.6) is 5.75 Å². The van der Waals surface area contributed by atoms with E-state index < -0.39 is 5.41 Å². The van der Waals surface area contributed by atoms with Gasteiger partial charge in [-0.3, -0.25) is 9.59 Å². The number of ether oxygens (including phenoxy) is 1. The Balaban J connectivity index is 3.70. The molecule has 0 saturated carbocycles. The lowest BCUT2D eigenvalue weighted by Gasteiger charge is -2.32. The monoisotopic (exact) mass is 300 g/mol. The second-order valence-corrected chi connectivity index (χ2v) is 5.41. The molecule has 0 aromatic heterocycles. The van der Waals surface area contributed by atoms with Crippen molar-refractivity contribution in [1.82, 2.24) is 0 Å². The van der Waals surface area contributed by atoms with Crippen LogP contribution < -0.4 is 4.74 Å². The normalized spacial score (nSPS) is 10.9. The number of allylic oxidation sites excluding steroid dienone is 2. The fourth-order valence-corrected chi connectivity index (χ4v) is 2.69.